The number of halogens is 4. The second-order valence-corrected chi connectivity index (χ2v) is 3.85. The van der Waals surface area contributed by atoms with E-state index in [1.165, 1.54) is 19.2 Å². The van der Waals surface area contributed by atoms with Crippen LogP contribution in [0.1, 0.15) is 0 Å². The minimum atomic E-state index is -4.67. The molecule has 4 N–H and O–H groups in total. The number of amidine groups is 1. The van der Waals surface area contributed by atoms with E-state index in [9.17, 15) is 17.6 Å². The van der Waals surface area contributed by atoms with Crippen molar-refractivity contribution >= 4 is 11.5 Å². The molecule has 0 amide bonds. The number of ether oxygens (including phenoxy) is 1. The highest BCUT2D eigenvalue weighted by Gasteiger charge is 2.42. The molecule has 1 aromatic rings. The molecule has 0 bridgehead atoms. The smallest absolute Gasteiger partial charge is 0.400 e. The Morgan fingerprint density at radius 1 is 1.50 bits per heavy atom. The van der Waals surface area contributed by atoms with Crippen molar-refractivity contribution in [3.8, 4) is 5.75 Å². The second-order valence-electron chi connectivity index (χ2n) is 3.85. The topological polar surface area (TPSA) is 79.9 Å². The van der Waals surface area contributed by atoms with Gasteiger partial charge in [0.1, 0.15) is 5.92 Å². The molecule has 5 nitrogen and oxygen atoms in total. The maximum atomic E-state index is 13.1. The van der Waals surface area contributed by atoms with Crippen LogP contribution in [0.3, 0.4) is 0 Å². The van der Waals surface area contributed by atoms with E-state index in [2.05, 4.69) is 10.5 Å². The molecule has 1 unspecified atom stereocenters. The monoisotopic (exact) mass is 295 g/mol. The molecule has 0 heterocycles. The van der Waals surface area contributed by atoms with Crippen molar-refractivity contribution in [1.29, 1.82) is 0 Å². The number of methoxy groups -OCH3 is 1. The molecule has 20 heavy (non-hydrogen) atoms. The molecule has 112 valence electrons. The fourth-order valence-electron chi connectivity index (χ4n) is 1.45. The Morgan fingerprint density at radius 3 is 2.65 bits per heavy atom. The van der Waals surface area contributed by atoms with Crippen molar-refractivity contribution in [2.24, 2.45) is 16.8 Å². The van der Waals surface area contributed by atoms with Gasteiger partial charge in [-0.15, -0.1) is 0 Å². The molecule has 0 aromatic heterocycles. The van der Waals surface area contributed by atoms with Crippen LogP contribution >= 0.6 is 0 Å². The zero-order valence-electron chi connectivity index (χ0n) is 10.4. The number of nitrogens with two attached hydrogens (primary N) is 1. The first-order valence-corrected chi connectivity index (χ1v) is 5.41. The van der Waals surface area contributed by atoms with Gasteiger partial charge in [-0.3, -0.25) is 0 Å². The Bertz CT molecular complexity index is 491. The number of nitrogens with one attached hydrogen (secondary N) is 1. The Kier molecular flexibility index (Phi) is 5.00. The van der Waals surface area contributed by atoms with Gasteiger partial charge in [-0.2, -0.15) is 13.2 Å². The Labute approximate surface area is 112 Å². The minimum absolute atomic E-state index is 0.109. The number of anilines is 1. The molecule has 0 fully saturated rings. The summed E-state index contributed by atoms with van der Waals surface area (Å²) in [4.78, 5) is 0. The van der Waals surface area contributed by atoms with E-state index in [1.54, 1.807) is 0 Å². The predicted octanol–water partition coefficient (Wildman–Crippen LogP) is 2.17. The number of hydrogen-bond acceptors (Lipinski definition) is 4. The number of hydrogen-bond donors (Lipinski definition) is 3. The molecular weight excluding hydrogens is 282 g/mol. The Morgan fingerprint density at radius 2 is 2.15 bits per heavy atom. The van der Waals surface area contributed by atoms with Crippen LogP contribution in [0.2, 0.25) is 0 Å². The van der Waals surface area contributed by atoms with Gasteiger partial charge in [0, 0.05) is 18.3 Å². The first kappa shape index (κ1) is 15.9. The van der Waals surface area contributed by atoms with Crippen molar-refractivity contribution in [1.82, 2.24) is 0 Å². The van der Waals surface area contributed by atoms with Crippen LogP contribution in [0.15, 0.2) is 23.4 Å². The van der Waals surface area contributed by atoms with E-state index in [-0.39, 0.29) is 11.4 Å². The third-order valence-electron chi connectivity index (χ3n) is 2.53. The van der Waals surface area contributed by atoms with E-state index < -0.39 is 30.3 Å². The molecule has 0 saturated carbocycles. The highest BCUT2D eigenvalue weighted by atomic mass is 19.4. The maximum Gasteiger partial charge on any atom is 0.400 e. The van der Waals surface area contributed by atoms with Crippen molar-refractivity contribution in [2.75, 3.05) is 19.0 Å². The molecule has 0 saturated heterocycles. The number of oxime groups is 1. The van der Waals surface area contributed by atoms with Crippen LogP contribution in [0, 0.1) is 11.7 Å². The van der Waals surface area contributed by atoms with Gasteiger partial charge in [-0.1, -0.05) is 5.16 Å². The number of rotatable bonds is 5. The van der Waals surface area contributed by atoms with Gasteiger partial charge in [-0.25, -0.2) is 4.39 Å². The molecule has 0 aliphatic rings. The van der Waals surface area contributed by atoms with Crippen LogP contribution < -0.4 is 15.8 Å². The summed E-state index contributed by atoms with van der Waals surface area (Å²) in [5.74, 6) is -3.87. The largest absolute Gasteiger partial charge is 0.494 e. The summed E-state index contributed by atoms with van der Waals surface area (Å²) < 4.78 is 55.9. The molecule has 0 radical (unpaired) electrons. The summed E-state index contributed by atoms with van der Waals surface area (Å²) in [7, 11) is 1.23. The van der Waals surface area contributed by atoms with Gasteiger partial charge in [0.15, 0.2) is 17.4 Å². The number of alkyl halides is 3. The van der Waals surface area contributed by atoms with Crippen LogP contribution in [0.4, 0.5) is 23.2 Å². The molecule has 1 aromatic carbocycles. The van der Waals surface area contributed by atoms with Crippen LogP contribution in [-0.2, 0) is 0 Å². The lowest BCUT2D eigenvalue weighted by atomic mass is 10.1. The Hall–Kier alpha value is -2.19. The highest BCUT2D eigenvalue weighted by Crippen LogP contribution is 2.28. The average molecular weight is 295 g/mol. The van der Waals surface area contributed by atoms with E-state index in [4.69, 9.17) is 15.7 Å². The van der Waals surface area contributed by atoms with Crippen molar-refractivity contribution in [3.63, 3.8) is 0 Å². The van der Waals surface area contributed by atoms with E-state index >= 15 is 0 Å². The molecule has 0 aliphatic heterocycles. The van der Waals surface area contributed by atoms with E-state index in [0.29, 0.717) is 0 Å². The summed E-state index contributed by atoms with van der Waals surface area (Å²) in [6.45, 7) is -0.659. The molecular formula is C11H13F4N3O2. The number of benzene rings is 1. The molecule has 0 spiro atoms. The van der Waals surface area contributed by atoms with Crippen molar-refractivity contribution in [3.05, 3.63) is 24.0 Å². The van der Waals surface area contributed by atoms with E-state index in [0.717, 1.165) is 6.07 Å². The lowest BCUT2D eigenvalue weighted by molar-refractivity contribution is -0.152. The Balaban J connectivity index is 2.83. The van der Waals surface area contributed by atoms with E-state index in [1.807, 2.05) is 0 Å². The summed E-state index contributed by atoms with van der Waals surface area (Å²) in [5.41, 5.74) is 5.21. The van der Waals surface area contributed by atoms with Gasteiger partial charge in [0.25, 0.3) is 0 Å². The number of nitrogens with zero attached hydrogens (tertiary/aromatic N) is 1. The SMILES string of the molecule is COc1cc(NCC(/C(N)=N/O)C(F)(F)F)ccc1F. The zero-order valence-corrected chi connectivity index (χ0v) is 10.4. The molecule has 1 rings (SSSR count). The average Bonchev–Trinajstić information content (AvgIpc) is 2.38. The van der Waals surface area contributed by atoms with Gasteiger partial charge in [0.05, 0.1) is 7.11 Å². The third-order valence-corrected chi connectivity index (χ3v) is 2.53. The van der Waals surface area contributed by atoms with Gasteiger partial charge in [0.2, 0.25) is 0 Å². The first-order chi connectivity index (χ1) is 9.29. The lowest BCUT2D eigenvalue weighted by Crippen LogP contribution is -2.40. The maximum absolute atomic E-state index is 13.1. The van der Waals surface area contributed by atoms with Gasteiger partial charge < -0.3 is 21.0 Å². The van der Waals surface area contributed by atoms with Gasteiger partial charge in [-0.05, 0) is 12.1 Å². The fraction of sp³-hybridized carbons (Fsp3) is 0.364. The predicted molar refractivity (Wildman–Crippen MR) is 64.4 cm³/mol. The quantitative estimate of drug-likeness (QED) is 0.256. The fourth-order valence-corrected chi connectivity index (χ4v) is 1.45. The summed E-state index contributed by atoms with van der Waals surface area (Å²) >= 11 is 0. The van der Waals surface area contributed by atoms with Crippen LogP contribution in [0.5, 0.6) is 5.75 Å². The van der Waals surface area contributed by atoms with Gasteiger partial charge >= 0.3 is 6.18 Å². The van der Waals surface area contributed by atoms with Crippen LogP contribution in [-0.4, -0.2) is 30.9 Å². The third kappa shape index (κ3) is 3.90. The zero-order chi connectivity index (χ0) is 15.3. The normalized spacial score (nSPS) is 13.9. The second kappa shape index (κ2) is 6.31. The first-order valence-electron chi connectivity index (χ1n) is 5.41. The molecule has 1 atom stereocenters. The summed E-state index contributed by atoms with van der Waals surface area (Å²) in [6.07, 6.45) is -4.67. The highest BCUT2D eigenvalue weighted by molar-refractivity contribution is 5.83. The van der Waals surface area contributed by atoms with Crippen molar-refractivity contribution in [2.45, 2.75) is 6.18 Å². The standard InChI is InChI=1S/C11H13F4N3O2/c1-20-9-4-6(2-3-8(9)12)17-5-7(10(16)18-19)11(13,14)15/h2-4,7,17,19H,5H2,1H3,(H2,16,18). The summed E-state index contributed by atoms with van der Waals surface area (Å²) in [6, 6.07) is 3.50. The summed E-state index contributed by atoms with van der Waals surface area (Å²) in [5, 5.41) is 13.1. The lowest BCUT2D eigenvalue weighted by Gasteiger charge is -2.20. The minimum Gasteiger partial charge on any atom is -0.494 e. The van der Waals surface area contributed by atoms with Crippen molar-refractivity contribution < 1.29 is 27.5 Å². The molecule has 9 heteroatoms. The van der Waals surface area contributed by atoms with Crippen LogP contribution in [0.25, 0.3) is 0 Å². The molecule has 0 aliphatic carbocycles.